The zero-order chi connectivity index (χ0) is 17.8. The molecule has 0 bridgehead atoms. The van der Waals surface area contributed by atoms with Gasteiger partial charge in [0.05, 0.1) is 12.8 Å². The van der Waals surface area contributed by atoms with Crippen molar-refractivity contribution in [1.29, 1.82) is 0 Å². The number of carbonyl (C=O) groups is 1. The lowest BCUT2D eigenvalue weighted by atomic mass is 9.99. The van der Waals surface area contributed by atoms with Gasteiger partial charge in [0.2, 0.25) is 5.88 Å². The van der Waals surface area contributed by atoms with E-state index < -0.39 is 0 Å². The molecule has 3 aromatic rings. The molecule has 0 saturated heterocycles. The Kier molecular flexibility index (Phi) is 4.79. The third kappa shape index (κ3) is 3.10. The molecule has 0 aliphatic rings. The van der Waals surface area contributed by atoms with E-state index in [4.69, 9.17) is 10.5 Å². The van der Waals surface area contributed by atoms with E-state index in [2.05, 4.69) is 15.3 Å². The molecule has 6 nitrogen and oxygen atoms in total. The third-order valence-corrected chi connectivity index (χ3v) is 3.98. The largest absolute Gasteiger partial charge is 0.481 e. The van der Waals surface area contributed by atoms with E-state index in [0.29, 0.717) is 18.1 Å². The van der Waals surface area contributed by atoms with Gasteiger partial charge in [-0.15, -0.1) is 0 Å². The van der Waals surface area contributed by atoms with E-state index in [9.17, 15) is 4.79 Å². The fraction of sp³-hybridized carbons (Fsp3) is 0.211. The molecule has 0 unspecified atom stereocenters. The highest BCUT2D eigenvalue weighted by molar-refractivity contribution is 6.09. The van der Waals surface area contributed by atoms with Crippen LogP contribution in [0.2, 0.25) is 0 Å². The van der Waals surface area contributed by atoms with Gasteiger partial charge in [0.25, 0.3) is 5.91 Å². The first-order valence-electron chi connectivity index (χ1n) is 8.12. The van der Waals surface area contributed by atoms with Gasteiger partial charge in [0.1, 0.15) is 0 Å². The first-order chi connectivity index (χ1) is 12.2. The number of benzene rings is 1. The number of fused-ring (bicyclic) bond motifs is 1. The molecule has 1 aromatic carbocycles. The predicted octanol–water partition coefficient (Wildman–Crippen LogP) is 3.03. The first-order valence-corrected chi connectivity index (χ1v) is 8.12. The van der Waals surface area contributed by atoms with Crippen LogP contribution < -0.4 is 15.8 Å². The Hall–Kier alpha value is -3.15. The Morgan fingerprint density at radius 3 is 2.72 bits per heavy atom. The Balaban J connectivity index is 2.15. The highest BCUT2D eigenvalue weighted by atomic mass is 16.5. The number of hydrogen-bond acceptors (Lipinski definition) is 5. The number of amides is 1. The monoisotopic (exact) mass is 336 g/mol. The summed E-state index contributed by atoms with van der Waals surface area (Å²) in [6, 6.07) is 9.52. The number of rotatable bonds is 5. The lowest BCUT2D eigenvalue weighted by Crippen LogP contribution is -2.26. The molecule has 0 saturated carbocycles. The minimum absolute atomic E-state index is 0.247. The number of aromatic nitrogens is 2. The van der Waals surface area contributed by atoms with Crippen LogP contribution in [0.25, 0.3) is 21.9 Å². The quantitative estimate of drug-likeness (QED) is 0.747. The number of pyridine rings is 2. The van der Waals surface area contributed by atoms with Gasteiger partial charge >= 0.3 is 0 Å². The predicted molar refractivity (Wildman–Crippen MR) is 98.6 cm³/mol. The number of hydrogen-bond donors (Lipinski definition) is 2. The smallest absolute Gasteiger partial charge is 0.272 e. The zero-order valence-corrected chi connectivity index (χ0v) is 14.2. The average Bonchev–Trinajstić information content (AvgIpc) is 2.66. The average molecular weight is 336 g/mol. The Labute approximate surface area is 146 Å². The van der Waals surface area contributed by atoms with Gasteiger partial charge in [-0.1, -0.05) is 25.1 Å². The van der Waals surface area contributed by atoms with Gasteiger partial charge in [-0.25, -0.2) is 9.97 Å². The molecule has 2 heterocycles. The standard InChI is InChI=1S/C19H20N4O2/c1-3-9-21-18(24)17-16(20)13-7-4-6-12(15(13)11-23-17)14-8-5-10-22-19(14)25-2/h4-8,10-11H,3,9,20H2,1-2H3,(H,21,24). The van der Waals surface area contributed by atoms with Crippen molar-refractivity contribution in [3.05, 3.63) is 48.4 Å². The van der Waals surface area contributed by atoms with Crippen LogP contribution >= 0.6 is 0 Å². The lowest BCUT2D eigenvalue weighted by Gasteiger charge is -2.13. The minimum Gasteiger partial charge on any atom is -0.481 e. The fourth-order valence-electron chi connectivity index (χ4n) is 2.76. The topological polar surface area (TPSA) is 90.1 Å². The SMILES string of the molecule is CCCNC(=O)c1ncc2c(-c3cccnc3OC)cccc2c1N. The lowest BCUT2D eigenvalue weighted by molar-refractivity contribution is 0.0950. The molecule has 128 valence electrons. The molecule has 1 amide bonds. The summed E-state index contributed by atoms with van der Waals surface area (Å²) in [6.07, 6.45) is 4.20. The second kappa shape index (κ2) is 7.17. The molecule has 25 heavy (non-hydrogen) atoms. The third-order valence-electron chi connectivity index (χ3n) is 3.98. The van der Waals surface area contributed by atoms with E-state index in [-0.39, 0.29) is 11.6 Å². The van der Waals surface area contributed by atoms with E-state index in [1.165, 1.54) is 0 Å². The fourth-order valence-corrected chi connectivity index (χ4v) is 2.76. The summed E-state index contributed by atoms with van der Waals surface area (Å²) >= 11 is 0. The summed E-state index contributed by atoms with van der Waals surface area (Å²) in [5, 5.41) is 4.43. The second-order valence-corrected chi connectivity index (χ2v) is 5.60. The Bertz CT molecular complexity index is 924. The van der Waals surface area contributed by atoms with Gasteiger partial charge in [-0.2, -0.15) is 0 Å². The summed E-state index contributed by atoms with van der Waals surface area (Å²) < 4.78 is 5.36. The number of nitrogens with two attached hydrogens (primary N) is 1. The van der Waals surface area contributed by atoms with Gasteiger partial charge in [-0.05, 0) is 24.1 Å². The van der Waals surface area contributed by atoms with Crippen molar-refractivity contribution >= 4 is 22.4 Å². The number of anilines is 1. The summed E-state index contributed by atoms with van der Waals surface area (Å²) in [4.78, 5) is 20.8. The van der Waals surface area contributed by atoms with E-state index in [1.807, 2.05) is 37.3 Å². The zero-order valence-electron chi connectivity index (χ0n) is 14.2. The molecule has 2 aromatic heterocycles. The van der Waals surface area contributed by atoms with Crippen molar-refractivity contribution in [3.8, 4) is 17.0 Å². The first kappa shape index (κ1) is 16.7. The van der Waals surface area contributed by atoms with Crippen molar-refractivity contribution < 1.29 is 9.53 Å². The molecule has 0 aliphatic heterocycles. The maximum absolute atomic E-state index is 12.2. The number of nitrogens with one attached hydrogen (secondary N) is 1. The van der Waals surface area contributed by atoms with Crippen molar-refractivity contribution in [2.24, 2.45) is 0 Å². The molecule has 0 fully saturated rings. The molecule has 0 spiro atoms. The molecular weight excluding hydrogens is 316 g/mol. The van der Waals surface area contributed by atoms with Crippen LogP contribution in [0.5, 0.6) is 5.88 Å². The highest BCUT2D eigenvalue weighted by Crippen LogP contribution is 2.35. The highest BCUT2D eigenvalue weighted by Gasteiger charge is 2.16. The second-order valence-electron chi connectivity index (χ2n) is 5.60. The van der Waals surface area contributed by atoms with Crippen LogP contribution in [0.1, 0.15) is 23.8 Å². The van der Waals surface area contributed by atoms with Gasteiger partial charge in [0.15, 0.2) is 5.69 Å². The minimum atomic E-state index is -0.259. The van der Waals surface area contributed by atoms with Crippen LogP contribution in [0.4, 0.5) is 5.69 Å². The van der Waals surface area contributed by atoms with Crippen LogP contribution in [-0.4, -0.2) is 29.5 Å². The van der Waals surface area contributed by atoms with Crippen molar-refractivity contribution in [1.82, 2.24) is 15.3 Å². The van der Waals surface area contributed by atoms with E-state index >= 15 is 0 Å². The number of nitrogen functional groups attached to an aromatic ring is 1. The van der Waals surface area contributed by atoms with Crippen molar-refractivity contribution in [2.75, 3.05) is 19.4 Å². The Morgan fingerprint density at radius 1 is 1.16 bits per heavy atom. The Morgan fingerprint density at radius 2 is 1.96 bits per heavy atom. The van der Waals surface area contributed by atoms with Gasteiger partial charge in [0, 0.05) is 35.3 Å². The van der Waals surface area contributed by atoms with Crippen molar-refractivity contribution in [2.45, 2.75) is 13.3 Å². The number of methoxy groups -OCH3 is 1. The molecule has 0 atom stereocenters. The summed E-state index contributed by atoms with van der Waals surface area (Å²) in [7, 11) is 1.58. The molecule has 0 radical (unpaired) electrons. The molecule has 0 aliphatic carbocycles. The normalized spacial score (nSPS) is 10.6. The maximum atomic E-state index is 12.2. The van der Waals surface area contributed by atoms with Crippen molar-refractivity contribution in [3.63, 3.8) is 0 Å². The maximum Gasteiger partial charge on any atom is 0.272 e. The number of carbonyl (C=O) groups excluding carboxylic acids is 1. The van der Waals surface area contributed by atoms with Crippen LogP contribution in [0.3, 0.4) is 0 Å². The molecule has 3 rings (SSSR count). The molecule has 6 heteroatoms. The van der Waals surface area contributed by atoms with E-state index in [1.54, 1.807) is 19.5 Å². The summed E-state index contributed by atoms with van der Waals surface area (Å²) in [5.74, 6) is 0.268. The van der Waals surface area contributed by atoms with Gasteiger partial charge < -0.3 is 15.8 Å². The van der Waals surface area contributed by atoms with Crippen LogP contribution in [-0.2, 0) is 0 Å². The molecular formula is C19H20N4O2. The number of nitrogens with zero attached hydrogens (tertiary/aromatic N) is 2. The molecule has 3 N–H and O–H groups in total. The van der Waals surface area contributed by atoms with Crippen LogP contribution in [0, 0.1) is 0 Å². The van der Waals surface area contributed by atoms with Gasteiger partial charge in [-0.3, -0.25) is 4.79 Å². The van der Waals surface area contributed by atoms with E-state index in [0.717, 1.165) is 28.3 Å². The summed E-state index contributed by atoms with van der Waals surface area (Å²) in [6.45, 7) is 2.58. The van der Waals surface area contributed by atoms with Crippen LogP contribution in [0.15, 0.2) is 42.7 Å². The summed E-state index contributed by atoms with van der Waals surface area (Å²) in [5.41, 5.74) is 8.61. The number of ether oxygens (including phenoxy) is 1.